The Kier molecular flexibility index (Phi) is 4.46. The molecule has 2 heterocycles. The fourth-order valence-electron chi connectivity index (χ4n) is 4.47. The molecule has 1 fully saturated rings. The van der Waals surface area contributed by atoms with E-state index >= 15 is 0 Å². The van der Waals surface area contributed by atoms with Gasteiger partial charge in [0, 0.05) is 24.1 Å². The van der Waals surface area contributed by atoms with Gasteiger partial charge in [0.25, 0.3) is 5.91 Å². The molecule has 140 valence electrons. The van der Waals surface area contributed by atoms with Crippen LogP contribution >= 0.6 is 0 Å². The first-order valence-electron chi connectivity index (χ1n) is 9.58. The molecule has 1 saturated heterocycles. The Labute approximate surface area is 159 Å². The van der Waals surface area contributed by atoms with Gasteiger partial charge in [-0.15, -0.1) is 0 Å². The lowest BCUT2D eigenvalue weighted by Gasteiger charge is -2.39. The van der Waals surface area contributed by atoms with Crippen LogP contribution in [0, 0.1) is 5.92 Å². The topological polar surface area (TPSA) is 66.1 Å². The first kappa shape index (κ1) is 17.7. The van der Waals surface area contributed by atoms with Gasteiger partial charge in [-0.3, -0.25) is 9.59 Å². The summed E-state index contributed by atoms with van der Waals surface area (Å²) in [6, 6.07) is 5.84. The summed E-state index contributed by atoms with van der Waals surface area (Å²) in [6.45, 7) is 6.41. The van der Waals surface area contributed by atoms with Crippen molar-refractivity contribution in [2.75, 3.05) is 6.54 Å². The van der Waals surface area contributed by atoms with E-state index in [2.05, 4.69) is 16.9 Å². The molecule has 4 rings (SSSR count). The summed E-state index contributed by atoms with van der Waals surface area (Å²) in [4.78, 5) is 34.3. The summed E-state index contributed by atoms with van der Waals surface area (Å²) in [7, 11) is 0. The number of nitrogens with zero attached hydrogens (tertiary/aromatic N) is 2. The molecule has 0 bridgehead atoms. The Morgan fingerprint density at radius 2 is 2.11 bits per heavy atom. The van der Waals surface area contributed by atoms with Gasteiger partial charge in [0.1, 0.15) is 0 Å². The van der Waals surface area contributed by atoms with Crippen LogP contribution in [0.4, 0.5) is 0 Å². The molecule has 1 aliphatic heterocycles. The van der Waals surface area contributed by atoms with E-state index in [0.717, 1.165) is 42.4 Å². The van der Waals surface area contributed by atoms with Crippen molar-refractivity contribution >= 4 is 22.7 Å². The highest BCUT2D eigenvalue weighted by atomic mass is 16.2. The molecule has 1 aliphatic carbocycles. The number of Topliss-reactive ketones (excluding diaryl/α,β-unsaturated/α-hetero) is 1. The molecule has 1 N–H and O–H groups in total. The zero-order valence-corrected chi connectivity index (χ0v) is 16.1. The van der Waals surface area contributed by atoms with Gasteiger partial charge in [-0.05, 0) is 69.4 Å². The maximum atomic E-state index is 13.3. The number of imidazole rings is 1. The first-order valence-corrected chi connectivity index (χ1v) is 9.58. The number of carbonyl (C=O) groups excluding carboxylic acids is 2. The first-order chi connectivity index (χ1) is 13.0. The number of aromatic nitrogens is 2. The lowest BCUT2D eigenvalue weighted by molar-refractivity contribution is -0.113. The highest BCUT2D eigenvalue weighted by Crippen LogP contribution is 2.42. The second-order valence-electron chi connectivity index (χ2n) is 7.77. The number of benzene rings is 1. The van der Waals surface area contributed by atoms with E-state index < -0.39 is 0 Å². The number of allylic oxidation sites excluding steroid dienone is 2. The quantitative estimate of drug-likeness (QED) is 0.837. The highest BCUT2D eigenvalue weighted by molar-refractivity contribution is 5.97. The lowest BCUT2D eigenvalue weighted by atomic mass is 9.86. The summed E-state index contributed by atoms with van der Waals surface area (Å²) in [5, 5.41) is 0. The van der Waals surface area contributed by atoms with Crippen LogP contribution < -0.4 is 0 Å². The van der Waals surface area contributed by atoms with Gasteiger partial charge in [-0.2, -0.15) is 0 Å². The van der Waals surface area contributed by atoms with Crippen LogP contribution in [0.1, 0.15) is 50.4 Å². The van der Waals surface area contributed by atoms with Gasteiger partial charge in [0.15, 0.2) is 5.78 Å². The van der Waals surface area contributed by atoms with Crippen molar-refractivity contribution in [1.29, 1.82) is 0 Å². The van der Waals surface area contributed by atoms with Crippen molar-refractivity contribution in [1.82, 2.24) is 14.9 Å². The lowest BCUT2D eigenvalue weighted by Crippen LogP contribution is -2.47. The number of H-pyrrole nitrogens is 1. The Bertz CT molecular complexity index is 982. The van der Waals surface area contributed by atoms with Crippen LogP contribution in [-0.4, -0.2) is 39.1 Å². The minimum atomic E-state index is 0.0857. The third kappa shape index (κ3) is 3.11. The molecule has 2 atom stereocenters. The van der Waals surface area contributed by atoms with Crippen LogP contribution in [-0.2, 0) is 4.79 Å². The van der Waals surface area contributed by atoms with Crippen molar-refractivity contribution in [3.63, 3.8) is 0 Å². The number of aromatic amines is 1. The van der Waals surface area contributed by atoms with Gasteiger partial charge in [0.2, 0.25) is 0 Å². The number of carbonyl (C=O) groups is 2. The van der Waals surface area contributed by atoms with Gasteiger partial charge in [-0.1, -0.05) is 11.6 Å². The van der Waals surface area contributed by atoms with Crippen LogP contribution in [0.15, 0.2) is 47.3 Å². The standard InChI is InChI=1S/C22H25N3O2/c1-13(15(3)26)9-18-14(2)10-21-17(18)5-4-8-25(21)22(27)16-6-7-19-20(11-16)24-12-23-19/h6-7,9,11-12,17,21H,4-5,8,10H2,1-3H3,(H,23,24)/b13-9+. The van der Waals surface area contributed by atoms with Gasteiger partial charge in [-0.25, -0.2) is 4.98 Å². The fourth-order valence-corrected chi connectivity index (χ4v) is 4.47. The largest absolute Gasteiger partial charge is 0.345 e. The number of fused-ring (bicyclic) bond motifs is 2. The zero-order chi connectivity index (χ0) is 19.1. The van der Waals surface area contributed by atoms with Crippen molar-refractivity contribution < 1.29 is 9.59 Å². The van der Waals surface area contributed by atoms with Crippen molar-refractivity contribution in [2.45, 2.75) is 46.1 Å². The molecular weight excluding hydrogens is 338 g/mol. The van der Waals surface area contributed by atoms with E-state index in [9.17, 15) is 9.59 Å². The second-order valence-corrected chi connectivity index (χ2v) is 7.77. The summed E-state index contributed by atoms with van der Waals surface area (Å²) < 4.78 is 0. The van der Waals surface area contributed by atoms with Gasteiger partial charge >= 0.3 is 0 Å². The van der Waals surface area contributed by atoms with Crippen molar-refractivity contribution in [3.8, 4) is 0 Å². The second kappa shape index (κ2) is 6.80. The number of hydrogen-bond donors (Lipinski definition) is 1. The van der Waals surface area contributed by atoms with Gasteiger partial charge in [0.05, 0.1) is 17.4 Å². The summed E-state index contributed by atoms with van der Waals surface area (Å²) in [5.74, 6) is 0.519. The summed E-state index contributed by atoms with van der Waals surface area (Å²) in [5.41, 5.74) is 5.81. The molecule has 2 unspecified atom stereocenters. The molecule has 0 spiro atoms. The van der Waals surface area contributed by atoms with E-state index in [1.807, 2.05) is 36.1 Å². The van der Waals surface area contributed by atoms with E-state index in [-0.39, 0.29) is 17.7 Å². The molecule has 2 aromatic rings. The van der Waals surface area contributed by atoms with E-state index in [4.69, 9.17) is 0 Å². The van der Waals surface area contributed by atoms with Gasteiger partial charge < -0.3 is 9.88 Å². The normalized spacial score (nSPS) is 23.1. The fraction of sp³-hybridized carbons (Fsp3) is 0.409. The highest BCUT2D eigenvalue weighted by Gasteiger charge is 2.40. The Balaban J connectivity index is 1.61. The minimum Gasteiger partial charge on any atom is -0.345 e. The zero-order valence-electron chi connectivity index (χ0n) is 16.1. The molecule has 5 heteroatoms. The Morgan fingerprint density at radius 1 is 1.30 bits per heavy atom. The average molecular weight is 363 g/mol. The SMILES string of the molecule is CC(=O)/C(C)=C/C1=C(C)CC2C1CCCN2C(=O)c1ccc2nc[nH]c2c1. The molecule has 1 aromatic heterocycles. The third-order valence-corrected chi connectivity index (χ3v) is 6.04. The number of hydrogen-bond acceptors (Lipinski definition) is 3. The number of likely N-dealkylation sites (tertiary alicyclic amines) is 1. The number of amides is 1. The van der Waals surface area contributed by atoms with E-state index in [1.165, 1.54) is 11.1 Å². The average Bonchev–Trinajstić information content (AvgIpc) is 3.24. The predicted molar refractivity (Wildman–Crippen MR) is 105 cm³/mol. The molecule has 0 saturated carbocycles. The summed E-state index contributed by atoms with van der Waals surface area (Å²) in [6.07, 6.45) is 6.65. The molecule has 1 aromatic carbocycles. The number of rotatable bonds is 3. The van der Waals surface area contributed by atoms with Crippen LogP contribution in [0.25, 0.3) is 11.0 Å². The molecular formula is C22H25N3O2. The predicted octanol–water partition coefficient (Wildman–Crippen LogP) is 4.04. The number of ketones is 1. The maximum Gasteiger partial charge on any atom is 0.254 e. The number of piperidine rings is 1. The monoisotopic (exact) mass is 363 g/mol. The minimum absolute atomic E-state index is 0.0857. The van der Waals surface area contributed by atoms with Crippen LogP contribution in [0.5, 0.6) is 0 Å². The van der Waals surface area contributed by atoms with Crippen molar-refractivity contribution in [2.24, 2.45) is 5.92 Å². The van der Waals surface area contributed by atoms with Crippen LogP contribution in [0.2, 0.25) is 0 Å². The van der Waals surface area contributed by atoms with E-state index in [1.54, 1.807) is 13.3 Å². The van der Waals surface area contributed by atoms with Crippen LogP contribution in [0.3, 0.4) is 0 Å². The third-order valence-electron chi connectivity index (χ3n) is 6.04. The molecule has 0 radical (unpaired) electrons. The van der Waals surface area contributed by atoms with E-state index in [0.29, 0.717) is 11.5 Å². The molecule has 2 aliphatic rings. The maximum absolute atomic E-state index is 13.3. The smallest absolute Gasteiger partial charge is 0.254 e. The Hall–Kier alpha value is -2.69. The molecule has 27 heavy (non-hydrogen) atoms. The Morgan fingerprint density at radius 3 is 2.89 bits per heavy atom. The number of nitrogens with one attached hydrogen (secondary N) is 1. The van der Waals surface area contributed by atoms with Crippen molar-refractivity contribution in [3.05, 3.63) is 52.9 Å². The molecule has 5 nitrogen and oxygen atoms in total. The summed E-state index contributed by atoms with van der Waals surface area (Å²) >= 11 is 0. The molecule has 1 amide bonds.